The van der Waals surface area contributed by atoms with E-state index in [0.29, 0.717) is 0 Å². The van der Waals surface area contributed by atoms with Crippen LogP contribution in [0.4, 0.5) is 5.69 Å². The molecule has 4 nitrogen and oxygen atoms in total. The predicted octanol–water partition coefficient (Wildman–Crippen LogP) is 3.54. The van der Waals surface area contributed by atoms with E-state index in [1.165, 1.54) is 0 Å². The summed E-state index contributed by atoms with van der Waals surface area (Å²) in [4.78, 5) is 0. The Bertz CT molecular complexity index is 595. The Hall–Kier alpha value is -2.49. The number of para-hydroxylation sites is 1. The SMILES string of the molecule is COc1ccc(OC)c(/C(C)=N\Nc2ccccc2)c1. The maximum atomic E-state index is 5.35. The van der Waals surface area contributed by atoms with Crippen LogP contribution in [0.25, 0.3) is 0 Å². The molecule has 0 saturated carbocycles. The van der Waals surface area contributed by atoms with Gasteiger partial charge in [-0.2, -0.15) is 5.10 Å². The van der Waals surface area contributed by atoms with Gasteiger partial charge in [0.15, 0.2) is 0 Å². The zero-order chi connectivity index (χ0) is 14.4. The van der Waals surface area contributed by atoms with Crippen LogP contribution in [0.15, 0.2) is 53.6 Å². The molecule has 104 valence electrons. The fourth-order valence-corrected chi connectivity index (χ4v) is 1.82. The van der Waals surface area contributed by atoms with Gasteiger partial charge in [-0.1, -0.05) is 18.2 Å². The summed E-state index contributed by atoms with van der Waals surface area (Å²) >= 11 is 0. The molecule has 0 fully saturated rings. The molecule has 4 heteroatoms. The first-order valence-corrected chi connectivity index (χ1v) is 6.32. The molecule has 0 atom stereocenters. The van der Waals surface area contributed by atoms with Crippen LogP contribution in [0.2, 0.25) is 0 Å². The number of methoxy groups -OCH3 is 2. The summed E-state index contributed by atoms with van der Waals surface area (Å²) in [6.45, 7) is 1.92. The standard InChI is InChI=1S/C16H18N2O2/c1-12(17-18-13-7-5-4-6-8-13)15-11-14(19-2)9-10-16(15)20-3/h4-11,18H,1-3H3/b17-12-. The summed E-state index contributed by atoms with van der Waals surface area (Å²) in [6.07, 6.45) is 0. The Morgan fingerprint density at radius 2 is 1.75 bits per heavy atom. The Balaban J connectivity index is 2.25. The van der Waals surface area contributed by atoms with Crippen LogP contribution in [0.1, 0.15) is 12.5 Å². The van der Waals surface area contributed by atoms with Crippen molar-refractivity contribution in [2.24, 2.45) is 5.10 Å². The quantitative estimate of drug-likeness (QED) is 0.667. The van der Waals surface area contributed by atoms with Crippen LogP contribution in [-0.2, 0) is 0 Å². The third-order valence-corrected chi connectivity index (χ3v) is 2.92. The lowest BCUT2D eigenvalue weighted by Gasteiger charge is -2.10. The van der Waals surface area contributed by atoms with Gasteiger partial charge in [0.05, 0.1) is 25.6 Å². The summed E-state index contributed by atoms with van der Waals surface area (Å²) in [7, 11) is 3.28. The van der Waals surface area contributed by atoms with Gasteiger partial charge in [-0.15, -0.1) is 0 Å². The van der Waals surface area contributed by atoms with Crippen molar-refractivity contribution < 1.29 is 9.47 Å². The maximum Gasteiger partial charge on any atom is 0.128 e. The third kappa shape index (κ3) is 3.29. The molecule has 0 aliphatic rings. The molecule has 0 heterocycles. The zero-order valence-electron chi connectivity index (χ0n) is 11.9. The lowest BCUT2D eigenvalue weighted by molar-refractivity contribution is 0.402. The van der Waals surface area contributed by atoms with Gasteiger partial charge in [-0.25, -0.2) is 0 Å². The summed E-state index contributed by atoms with van der Waals surface area (Å²) in [5.41, 5.74) is 5.68. The molecule has 0 aliphatic carbocycles. The average Bonchev–Trinajstić information content (AvgIpc) is 2.52. The van der Waals surface area contributed by atoms with Gasteiger partial charge in [0.2, 0.25) is 0 Å². The first-order valence-electron chi connectivity index (χ1n) is 6.32. The molecule has 0 aliphatic heterocycles. The topological polar surface area (TPSA) is 42.9 Å². The van der Waals surface area contributed by atoms with Gasteiger partial charge in [0.1, 0.15) is 11.5 Å². The van der Waals surface area contributed by atoms with Crippen LogP contribution in [-0.4, -0.2) is 19.9 Å². The number of hydrogen-bond donors (Lipinski definition) is 1. The molecule has 2 rings (SSSR count). The number of nitrogens with zero attached hydrogens (tertiary/aromatic N) is 1. The molecule has 2 aromatic carbocycles. The van der Waals surface area contributed by atoms with E-state index >= 15 is 0 Å². The van der Waals surface area contributed by atoms with Crippen molar-refractivity contribution in [2.75, 3.05) is 19.6 Å². The Labute approximate surface area is 119 Å². The Kier molecular flexibility index (Phi) is 4.60. The molecule has 0 radical (unpaired) electrons. The van der Waals surface area contributed by atoms with Crippen LogP contribution in [0, 0.1) is 0 Å². The summed E-state index contributed by atoms with van der Waals surface area (Å²) in [6, 6.07) is 15.4. The number of nitrogens with one attached hydrogen (secondary N) is 1. The van der Waals surface area contributed by atoms with E-state index in [2.05, 4.69) is 10.5 Å². The first-order chi connectivity index (χ1) is 9.74. The van der Waals surface area contributed by atoms with Crippen molar-refractivity contribution in [1.29, 1.82) is 0 Å². The fourth-order valence-electron chi connectivity index (χ4n) is 1.82. The van der Waals surface area contributed by atoms with E-state index in [-0.39, 0.29) is 0 Å². The largest absolute Gasteiger partial charge is 0.497 e. The highest BCUT2D eigenvalue weighted by atomic mass is 16.5. The summed E-state index contributed by atoms with van der Waals surface area (Å²) in [5.74, 6) is 1.54. The molecule has 0 unspecified atom stereocenters. The molecule has 0 saturated heterocycles. The number of hydrogen-bond acceptors (Lipinski definition) is 4. The van der Waals surface area contributed by atoms with E-state index in [0.717, 1.165) is 28.5 Å². The fraction of sp³-hybridized carbons (Fsp3) is 0.188. The number of ether oxygens (including phenoxy) is 2. The van der Waals surface area contributed by atoms with Crippen molar-refractivity contribution >= 4 is 11.4 Å². The van der Waals surface area contributed by atoms with E-state index in [1.807, 2.05) is 55.5 Å². The van der Waals surface area contributed by atoms with Gasteiger partial charge < -0.3 is 9.47 Å². The third-order valence-electron chi connectivity index (χ3n) is 2.92. The van der Waals surface area contributed by atoms with Crippen LogP contribution >= 0.6 is 0 Å². The average molecular weight is 270 g/mol. The lowest BCUT2D eigenvalue weighted by Crippen LogP contribution is -2.03. The van der Waals surface area contributed by atoms with Gasteiger partial charge in [-0.3, -0.25) is 5.43 Å². The lowest BCUT2D eigenvalue weighted by atomic mass is 10.1. The monoisotopic (exact) mass is 270 g/mol. The molecular formula is C16H18N2O2. The van der Waals surface area contributed by atoms with Crippen molar-refractivity contribution in [3.8, 4) is 11.5 Å². The van der Waals surface area contributed by atoms with E-state index in [9.17, 15) is 0 Å². The molecule has 1 N–H and O–H groups in total. The second kappa shape index (κ2) is 6.61. The summed E-state index contributed by atoms with van der Waals surface area (Å²) in [5, 5.41) is 4.38. The molecule has 20 heavy (non-hydrogen) atoms. The smallest absolute Gasteiger partial charge is 0.128 e. The highest BCUT2D eigenvalue weighted by Gasteiger charge is 2.08. The Morgan fingerprint density at radius 1 is 1.00 bits per heavy atom. The number of anilines is 1. The highest BCUT2D eigenvalue weighted by Crippen LogP contribution is 2.24. The summed E-state index contributed by atoms with van der Waals surface area (Å²) < 4.78 is 10.6. The second-order valence-corrected chi connectivity index (χ2v) is 4.24. The van der Waals surface area contributed by atoms with E-state index < -0.39 is 0 Å². The number of hydrazone groups is 1. The van der Waals surface area contributed by atoms with Crippen molar-refractivity contribution in [2.45, 2.75) is 6.92 Å². The second-order valence-electron chi connectivity index (χ2n) is 4.24. The van der Waals surface area contributed by atoms with Crippen molar-refractivity contribution in [1.82, 2.24) is 0 Å². The normalized spacial score (nSPS) is 11.1. The molecule has 0 spiro atoms. The molecule has 0 aromatic heterocycles. The minimum absolute atomic E-state index is 0.766. The minimum atomic E-state index is 0.766. The zero-order valence-corrected chi connectivity index (χ0v) is 11.9. The maximum absolute atomic E-state index is 5.35. The van der Waals surface area contributed by atoms with E-state index in [4.69, 9.17) is 9.47 Å². The van der Waals surface area contributed by atoms with Crippen LogP contribution in [0.5, 0.6) is 11.5 Å². The molecule has 0 amide bonds. The van der Waals surface area contributed by atoms with Gasteiger partial charge >= 0.3 is 0 Å². The highest BCUT2D eigenvalue weighted by molar-refractivity contribution is 6.01. The molecule has 2 aromatic rings. The van der Waals surface area contributed by atoms with Gasteiger partial charge in [0.25, 0.3) is 0 Å². The Morgan fingerprint density at radius 3 is 2.40 bits per heavy atom. The van der Waals surface area contributed by atoms with Gasteiger partial charge in [0, 0.05) is 5.56 Å². The molecular weight excluding hydrogens is 252 g/mol. The van der Waals surface area contributed by atoms with Gasteiger partial charge in [-0.05, 0) is 37.3 Å². The number of rotatable bonds is 5. The molecule has 0 bridgehead atoms. The van der Waals surface area contributed by atoms with E-state index in [1.54, 1.807) is 14.2 Å². The first kappa shape index (κ1) is 13.9. The predicted molar refractivity (Wildman–Crippen MR) is 81.8 cm³/mol. The minimum Gasteiger partial charge on any atom is -0.497 e. The van der Waals surface area contributed by atoms with Crippen molar-refractivity contribution in [3.63, 3.8) is 0 Å². The van der Waals surface area contributed by atoms with Crippen LogP contribution in [0.3, 0.4) is 0 Å². The van der Waals surface area contributed by atoms with Crippen LogP contribution < -0.4 is 14.9 Å². The number of benzene rings is 2. The van der Waals surface area contributed by atoms with Crippen molar-refractivity contribution in [3.05, 3.63) is 54.1 Å².